The lowest BCUT2D eigenvalue weighted by molar-refractivity contribution is -0.122. The third-order valence-corrected chi connectivity index (χ3v) is 3.04. The number of rotatable bonds is 1. The molecule has 5 heteroatoms. The van der Waals surface area contributed by atoms with E-state index in [1.807, 2.05) is 20.8 Å². The molecule has 90 valence electrons. The highest BCUT2D eigenvalue weighted by molar-refractivity contribution is 5.85. The van der Waals surface area contributed by atoms with Crippen molar-refractivity contribution < 1.29 is 14.3 Å². The highest BCUT2D eigenvalue weighted by Crippen LogP contribution is 2.48. The molecule has 1 saturated carbocycles. The van der Waals surface area contributed by atoms with Crippen molar-refractivity contribution in [3.63, 3.8) is 0 Å². The van der Waals surface area contributed by atoms with E-state index in [-0.39, 0.29) is 6.04 Å². The Morgan fingerprint density at radius 2 is 1.94 bits per heavy atom. The molecule has 5 nitrogen and oxygen atoms in total. The van der Waals surface area contributed by atoms with Crippen molar-refractivity contribution in [1.82, 2.24) is 4.90 Å². The zero-order valence-corrected chi connectivity index (χ0v) is 9.90. The maximum atomic E-state index is 11.9. The van der Waals surface area contributed by atoms with E-state index in [0.717, 1.165) is 6.42 Å². The standard InChI is InChI=1S/C11H18N2O3/c1-11(2,3)16-10(15)13-7-4-6(7)5-8(13)9(12)14/h6-8H,4-5H2,1-3H3,(H2,12,14)/t6?,7?,8-/m0/s1. The smallest absolute Gasteiger partial charge is 0.411 e. The summed E-state index contributed by atoms with van der Waals surface area (Å²) >= 11 is 0. The van der Waals surface area contributed by atoms with Crippen LogP contribution >= 0.6 is 0 Å². The molecular weight excluding hydrogens is 208 g/mol. The van der Waals surface area contributed by atoms with Crippen molar-refractivity contribution in [1.29, 1.82) is 0 Å². The van der Waals surface area contributed by atoms with Crippen LogP contribution in [0.4, 0.5) is 4.79 Å². The third-order valence-electron chi connectivity index (χ3n) is 3.04. The molecule has 2 fully saturated rings. The van der Waals surface area contributed by atoms with E-state index in [9.17, 15) is 9.59 Å². The highest BCUT2D eigenvalue weighted by atomic mass is 16.6. The number of carbonyl (C=O) groups excluding carboxylic acids is 2. The van der Waals surface area contributed by atoms with E-state index < -0.39 is 23.6 Å². The van der Waals surface area contributed by atoms with Crippen molar-refractivity contribution in [2.75, 3.05) is 0 Å². The Kier molecular flexibility index (Phi) is 2.36. The van der Waals surface area contributed by atoms with Gasteiger partial charge in [-0.05, 0) is 39.5 Å². The van der Waals surface area contributed by atoms with Gasteiger partial charge in [0, 0.05) is 6.04 Å². The summed E-state index contributed by atoms with van der Waals surface area (Å²) in [5.74, 6) is 0.0167. The van der Waals surface area contributed by atoms with E-state index >= 15 is 0 Å². The van der Waals surface area contributed by atoms with E-state index in [4.69, 9.17) is 10.5 Å². The van der Waals surface area contributed by atoms with Gasteiger partial charge < -0.3 is 10.5 Å². The molecule has 0 radical (unpaired) electrons. The summed E-state index contributed by atoms with van der Waals surface area (Å²) in [6.45, 7) is 5.43. The molecule has 0 aromatic heterocycles. The first-order valence-electron chi connectivity index (χ1n) is 5.60. The average molecular weight is 226 g/mol. The molecule has 2 unspecified atom stereocenters. The van der Waals surface area contributed by atoms with Crippen LogP contribution in [0.25, 0.3) is 0 Å². The number of nitrogens with two attached hydrogens (primary N) is 1. The Morgan fingerprint density at radius 3 is 2.44 bits per heavy atom. The van der Waals surface area contributed by atoms with Crippen LogP contribution in [0.1, 0.15) is 33.6 Å². The molecule has 1 aliphatic carbocycles. The van der Waals surface area contributed by atoms with Gasteiger partial charge in [0.1, 0.15) is 11.6 Å². The Bertz CT molecular complexity index is 335. The van der Waals surface area contributed by atoms with Crippen molar-refractivity contribution >= 4 is 12.0 Å². The Balaban J connectivity index is 2.07. The summed E-state index contributed by atoms with van der Waals surface area (Å²) in [6, 6.07) is -0.300. The molecule has 3 atom stereocenters. The minimum absolute atomic E-state index is 0.173. The summed E-state index contributed by atoms with van der Waals surface area (Å²) in [6.07, 6.45) is 1.25. The van der Waals surface area contributed by atoms with Gasteiger partial charge in [0.25, 0.3) is 0 Å². The van der Waals surface area contributed by atoms with Gasteiger partial charge in [-0.15, -0.1) is 0 Å². The first kappa shape index (κ1) is 11.2. The predicted molar refractivity (Wildman–Crippen MR) is 57.6 cm³/mol. The lowest BCUT2D eigenvalue weighted by atomic mass is 10.1. The van der Waals surface area contributed by atoms with E-state index in [1.165, 1.54) is 4.90 Å². The molecule has 1 heterocycles. The predicted octanol–water partition coefficient (Wildman–Crippen LogP) is 0.870. The number of hydrogen-bond donors (Lipinski definition) is 1. The normalized spacial score (nSPS) is 32.2. The van der Waals surface area contributed by atoms with Crippen LogP contribution < -0.4 is 5.73 Å². The van der Waals surface area contributed by atoms with Gasteiger partial charge in [-0.1, -0.05) is 0 Å². The number of fused-ring (bicyclic) bond motifs is 1. The minimum Gasteiger partial charge on any atom is -0.444 e. The maximum Gasteiger partial charge on any atom is 0.411 e. The van der Waals surface area contributed by atoms with E-state index in [0.29, 0.717) is 12.3 Å². The lowest BCUT2D eigenvalue weighted by Crippen LogP contribution is -2.47. The van der Waals surface area contributed by atoms with Gasteiger partial charge in [-0.25, -0.2) is 4.79 Å². The molecule has 0 aromatic carbocycles. The number of amides is 2. The van der Waals surface area contributed by atoms with Gasteiger partial charge in [-0.2, -0.15) is 0 Å². The summed E-state index contributed by atoms with van der Waals surface area (Å²) in [4.78, 5) is 24.7. The number of ether oxygens (including phenoxy) is 1. The molecule has 2 rings (SSSR count). The van der Waals surface area contributed by atoms with Crippen LogP contribution in [0.3, 0.4) is 0 Å². The zero-order valence-electron chi connectivity index (χ0n) is 9.90. The minimum atomic E-state index is -0.535. The van der Waals surface area contributed by atoms with Crippen molar-refractivity contribution in [2.24, 2.45) is 11.7 Å². The first-order chi connectivity index (χ1) is 7.29. The molecule has 1 aliphatic heterocycles. The summed E-state index contributed by atoms with van der Waals surface area (Å²) in [5.41, 5.74) is 4.75. The number of primary amides is 1. The fourth-order valence-corrected chi connectivity index (χ4v) is 2.29. The van der Waals surface area contributed by atoms with Crippen molar-refractivity contribution in [2.45, 2.75) is 51.3 Å². The lowest BCUT2D eigenvalue weighted by Gasteiger charge is -2.28. The molecule has 1 saturated heterocycles. The summed E-state index contributed by atoms with van der Waals surface area (Å²) in [7, 11) is 0. The molecule has 16 heavy (non-hydrogen) atoms. The number of likely N-dealkylation sites (tertiary alicyclic amines) is 1. The van der Waals surface area contributed by atoms with Crippen LogP contribution in [0.15, 0.2) is 0 Å². The summed E-state index contributed by atoms with van der Waals surface area (Å²) < 4.78 is 5.28. The second-order valence-electron chi connectivity index (χ2n) is 5.60. The van der Waals surface area contributed by atoms with Crippen LogP contribution in [0, 0.1) is 5.92 Å². The summed E-state index contributed by atoms with van der Waals surface area (Å²) in [5, 5.41) is 0. The second-order valence-corrected chi connectivity index (χ2v) is 5.60. The van der Waals surface area contributed by atoms with Crippen LogP contribution in [-0.2, 0) is 9.53 Å². The largest absolute Gasteiger partial charge is 0.444 e. The monoisotopic (exact) mass is 226 g/mol. The van der Waals surface area contributed by atoms with Gasteiger partial charge in [0.2, 0.25) is 5.91 Å². The van der Waals surface area contributed by atoms with Crippen molar-refractivity contribution in [3.8, 4) is 0 Å². The number of nitrogens with zero attached hydrogens (tertiary/aromatic N) is 1. The third kappa shape index (κ3) is 1.99. The van der Waals surface area contributed by atoms with Crippen LogP contribution in [-0.4, -0.2) is 34.6 Å². The van der Waals surface area contributed by atoms with Gasteiger partial charge in [-0.3, -0.25) is 9.69 Å². The molecule has 2 N–H and O–H groups in total. The Hall–Kier alpha value is -1.26. The molecule has 0 aromatic rings. The fraction of sp³-hybridized carbons (Fsp3) is 0.818. The highest BCUT2D eigenvalue weighted by Gasteiger charge is 2.56. The number of hydrogen-bond acceptors (Lipinski definition) is 3. The number of piperidine rings is 1. The molecule has 0 spiro atoms. The Labute approximate surface area is 94.9 Å². The maximum absolute atomic E-state index is 11.9. The Morgan fingerprint density at radius 1 is 1.31 bits per heavy atom. The SMILES string of the molecule is CC(C)(C)OC(=O)N1C2CC2C[C@H]1C(N)=O. The fourth-order valence-electron chi connectivity index (χ4n) is 2.29. The van der Waals surface area contributed by atoms with Gasteiger partial charge in [0.15, 0.2) is 0 Å². The first-order valence-corrected chi connectivity index (χ1v) is 5.60. The molecule has 2 amide bonds. The average Bonchev–Trinajstić information content (AvgIpc) is 2.73. The van der Waals surface area contributed by atoms with E-state index in [1.54, 1.807) is 0 Å². The molecule has 0 bridgehead atoms. The van der Waals surface area contributed by atoms with Crippen LogP contribution in [0.2, 0.25) is 0 Å². The molecular formula is C11H18N2O3. The van der Waals surface area contributed by atoms with Gasteiger partial charge in [0.05, 0.1) is 0 Å². The van der Waals surface area contributed by atoms with Gasteiger partial charge >= 0.3 is 6.09 Å². The second kappa shape index (κ2) is 3.37. The number of carbonyl (C=O) groups is 2. The topological polar surface area (TPSA) is 72.6 Å². The van der Waals surface area contributed by atoms with Crippen LogP contribution in [0.5, 0.6) is 0 Å². The molecule has 2 aliphatic rings. The zero-order chi connectivity index (χ0) is 12.1. The quantitative estimate of drug-likeness (QED) is 0.721. The van der Waals surface area contributed by atoms with E-state index in [2.05, 4.69) is 0 Å². The van der Waals surface area contributed by atoms with Crippen molar-refractivity contribution in [3.05, 3.63) is 0 Å².